The summed E-state index contributed by atoms with van der Waals surface area (Å²) in [4.78, 5) is 34.0. The number of ether oxygens (including phenoxy) is 2. The molecular formula is C15H16ClNO5. The van der Waals surface area contributed by atoms with Crippen LogP contribution in [0.1, 0.15) is 12.5 Å². The van der Waals surface area contributed by atoms with Crippen LogP contribution in [0.5, 0.6) is 0 Å². The van der Waals surface area contributed by atoms with Gasteiger partial charge in [0.1, 0.15) is 0 Å². The van der Waals surface area contributed by atoms with Gasteiger partial charge in [0.05, 0.1) is 6.61 Å². The van der Waals surface area contributed by atoms with E-state index in [1.54, 1.807) is 32.0 Å². The largest absolute Gasteiger partial charge is 0.463 e. The summed E-state index contributed by atoms with van der Waals surface area (Å²) in [7, 11) is 0. The van der Waals surface area contributed by atoms with Gasteiger partial charge in [0, 0.05) is 22.9 Å². The second kappa shape index (κ2) is 8.84. The van der Waals surface area contributed by atoms with Crippen LogP contribution in [0.3, 0.4) is 0 Å². The van der Waals surface area contributed by atoms with E-state index >= 15 is 0 Å². The van der Waals surface area contributed by atoms with Gasteiger partial charge >= 0.3 is 11.9 Å². The molecule has 0 heterocycles. The van der Waals surface area contributed by atoms with Crippen LogP contribution in [0.15, 0.2) is 30.4 Å². The lowest BCUT2D eigenvalue weighted by molar-refractivity contribution is -0.143. The maximum Gasteiger partial charge on any atom is 0.331 e. The number of esters is 2. The van der Waals surface area contributed by atoms with Crippen molar-refractivity contribution in [1.29, 1.82) is 0 Å². The molecule has 0 atom stereocenters. The minimum Gasteiger partial charge on any atom is -0.463 e. The van der Waals surface area contributed by atoms with E-state index in [0.29, 0.717) is 10.7 Å². The van der Waals surface area contributed by atoms with Crippen molar-refractivity contribution >= 4 is 35.1 Å². The first-order chi connectivity index (χ1) is 10.4. The summed E-state index contributed by atoms with van der Waals surface area (Å²) in [5.74, 6) is -1.98. The van der Waals surface area contributed by atoms with E-state index in [-0.39, 0.29) is 6.61 Å². The van der Waals surface area contributed by atoms with E-state index < -0.39 is 24.5 Å². The third-order valence-corrected chi connectivity index (χ3v) is 2.70. The number of nitrogens with one attached hydrogen (secondary N) is 1. The first kappa shape index (κ1) is 17.7. The molecule has 0 aliphatic rings. The fourth-order valence-electron chi connectivity index (χ4n) is 1.43. The van der Waals surface area contributed by atoms with Crippen LogP contribution in [-0.2, 0) is 23.9 Å². The summed E-state index contributed by atoms with van der Waals surface area (Å²) >= 11 is 5.83. The highest BCUT2D eigenvalue weighted by Crippen LogP contribution is 2.19. The molecule has 0 aliphatic carbocycles. The molecule has 1 aromatic carbocycles. The van der Waals surface area contributed by atoms with Crippen LogP contribution in [0.25, 0.3) is 0 Å². The zero-order valence-corrected chi connectivity index (χ0v) is 13.0. The number of anilines is 1. The zero-order chi connectivity index (χ0) is 16.5. The van der Waals surface area contributed by atoms with Gasteiger partial charge in [-0.25, -0.2) is 9.59 Å². The Kier molecular flexibility index (Phi) is 7.12. The van der Waals surface area contributed by atoms with Gasteiger partial charge < -0.3 is 14.8 Å². The number of aryl methyl sites for hydroxylation is 1. The maximum atomic E-state index is 11.7. The number of halogens is 1. The second-order valence-electron chi connectivity index (χ2n) is 4.20. The zero-order valence-electron chi connectivity index (χ0n) is 12.2. The average Bonchev–Trinajstić information content (AvgIpc) is 2.47. The highest BCUT2D eigenvalue weighted by molar-refractivity contribution is 6.31. The van der Waals surface area contributed by atoms with Crippen molar-refractivity contribution in [2.45, 2.75) is 13.8 Å². The lowest BCUT2D eigenvalue weighted by Crippen LogP contribution is -2.20. The fraction of sp³-hybridized carbons (Fsp3) is 0.267. The summed E-state index contributed by atoms with van der Waals surface area (Å²) in [6.07, 6.45) is 1.83. The van der Waals surface area contributed by atoms with Gasteiger partial charge in [0.2, 0.25) is 0 Å². The van der Waals surface area contributed by atoms with Crippen LogP contribution in [0.2, 0.25) is 5.02 Å². The number of benzene rings is 1. The number of carbonyl (C=O) groups is 3. The van der Waals surface area contributed by atoms with Crippen LogP contribution in [0.4, 0.5) is 5.69 Å². The van der Waals surface area contributed by atoms with Gasteiger partial charge in [-0.15, -0.1) is 0 Å². The number of carbonyl (C=O) groups excluding carboxylic acids is 3. The second-order valence-corrected chi connectivity index (χ2v) is 4.64. The molecule has 22 heavy (non-hydrogen) atoms. The molecule has 0 aromatic heterocycles. The van der Waals surface area contributed by atoms with Crippen molar-refractivity contribution in [1.82, 2.24) is 0 Å². The van der Waals surface area contributed by atoms with Gasteiger partial charge in [-0.1, -0.05) is 17.7 Å². The summed E-state index contributed by atoms with van der Waals surface area (Å²) in [5.41, 5.74) is 1.36. The average molecular weight is 326 g/mol. The molecule has 1 N–H and O–H groups in total. The molecule has 0 saturated carbocycles. The molecule has 0 bridgehead atoms. The molecular weight excluding hydrogens is 310 g/mol. The van der Waals surface area contributed by atoms with Crippen LogP contribution < -0.4 is 5.32 Å². The third kappa shape index (κ3) is 6.41. The van der Waals surface area contributed by atoms with E-state index in [0.717, 1.165) is 17.7 Å². The Morgan fingerprint density at radius 2 is 1.82 bits per heavy atom. The lowest BCUT2D eigenvalue weighted by atomic mass is 10.2. The monoisotopic (exact) mass is 325 g/mol. The van der Waals surface area contributed by atoms with Crippen molar-refractivity contribution in [3.63, 3.8) is 0 Å². The number of amides is 1. The molecule has 7 heteroatoms. The third-order valence-electron chi connectivity index (χ3n) is 2.46. The normalized spacial score (nSPS) is 10.3. The highest BCUT2D eigenvalue weighted by atomic mass is 35.5. The van der Waals surface area contributed by atoms with Gasteiger partial charge in [-0.05, 0) is 31.5 Å². The summed E-state index contributed by atoms with van der Waals surface area (Å²) in [5, 5.41) is 3.06. The van der Waals surface area contributed by atoms with Crippen LogP contribution in [0, 0.1) is 6.92 Å². The van der Waals surface area contributed by atoms with Gasteiger partial charge in [-0.3, -0.25) is 4.79 Å². The van der Waals surface area contributed by atoms with E-state index in [9.17, 15) is 14.4 Å². The summed E-state index contributed by atoms with van der Waals surface area (Å²) in [6.45, 7) is 3.18. The quantitative estimate of drug-likeness (QED) is 0.641. The maximum absolute atomic E-state index is 11.7. The Hall–Kier alpha value is -2.34. The SMILES string of the molecule is CCOC(=O)/C=C/C(=O)OCC(=O)Nc1cc(Cl)ccc1C. The van der Waals surface area contributed by atoms with E-state index in [1.807, 2.05) is 0 Å². The molecule has 6 nitrogen and oxygen atoms in total. The van der Waals surface area contributed by atoms with Crippen molar-refractivity contribution < 1.29 is 23.9 Å². The first-order valence-corrected chi connectivity index (χ1v) is 6.87. The molecule has 0 aliphatic heterocycles. The standard InChI is InChI=1S/C15H16ClNO5/c1-3-21-14(19)6-7-15(20)22-9-13(18)17-12-8-11(16)5-4-10(12)2/h4-8H,3,9H2,1-2H3,(H,17,18)/b7-6+. The Morgan fingerprint density at radius 1 is 1.18 bits per heavy atom. The first-order valence-electron chi connectivity index (χ1n) is 6.50. The molecule has 1 rings (SSSR count). The Bertz CT molecular complexity index is 598. The van der Waals surface area contributed by atoms with E-state index in [2.05, 4.69) is 10.1 Å². The number of hydrogen-bond acceptors (Lipinski definition) is 5. The smallest absolute Gasteiger partial charge is 0.331 e. The molecule has 0 unspecified atom stereocenters. The predicted molar refractivity (Wildman–Crippen MR) is 81.6 cm³/mol. The summed E-state index contributed by atoms with van der Waals surface area (Å²) < 4.78 is 9.29. The molecule has 0 spiro atoms. The molecule has 1 aromatic rings. The van der Waals surface area contributed by atoms with Crippen molar-refractivity contribution in [3.05, 3.63) is 40.9 Å². The van der Waals surface area contributed by atoms with Crippen molar-refractivity contribution in [2.24, 2.45) is 0 Å². The summed E-state index contributed by atoms with van der Waals surface area (Å²) in [6, 6.07) is 5.05. The van der Waals surface area contributed by atoms with Crippen LogP contribution in [-0.4, -0.2) is 31.1 Å². The van der Waals surface area contributed by atoms with E-state index in [4.69, 9.17) is 16.3 Å². The molecule has 0 saturated heterocycles. The predicted octanol–water partition coefficient (Wildman–Crippen LogP) is 2.25. The van der Waals surface area contributed by atoms with Gasteiger partial charge in [0.15, 0.2) is 6.61 Å². The lowest BCUT2D eigenvalue weighted by Gasteiger charge is -2.08. The van der Waals surface area contributed by atoms with E-state index in [1.165, 1.54) is 0 Å². The van der Waals surface area contributed by atoms with Gasteiger partial charge in [-0.2, -0.15) is 0 Å². The van der Waals surface area contributed by atoms with Gasteiger partial charge in [0.25, 0.3) is 5.91 Å². The molecule has 0 fully saturated rings. The fourth-order valence-corrected chi connectivity index (χ4v) is 1.60. The number of hydrogen-bond donors (Lipinski definition) is 1. The molecule has 118 valence electrons. The van der Waals surface area contributed by atoms with Crippen molar-refractivity contribution in [2.75, 3.05) is 18.5 Å². The van der Waals surface area contributed by atoms with Crippen molar-refractivity contribution in [3.8, 4) is 0 Å². The minimum absolute atomic E-state index is 0.208. The topological polar surface area (TPSA) is 81.7 Å². The Labute approximate surface area is 133 Å². The highest BCUT2D eigenvalue weighted by Gasteiger charge is 2.08. The Morgan fingerprint density at radius 3 is 2.45 bits per heavy atom. The molecule has 1 amide bonds. The molecule has 0 radical (unpaired) electrons. The Balaban J connectivity index is 2.44. The minimum atomic E-state index is -0.814. The van der Waals surface area contributed by atoms with Crippen LogP contribution >= 0.6 is 11.6 Å². The number of rotatable bonds is 6.